The van der Waals surface area contributed by atoms with Crippen molar-refractivity contribution in [3.8, 4) is 0 Å². The monoisotopic (exact) mass is 293 g/mol. The lowest BCUT2D eigenvalue weighted by molar-refractivity contribution is 0.215. The van der Waals surface area contributed by atoms with Crippen LogP contribution in [-0.4, -0.2) is 10.1 Å². The van der Waals surface area contributed by atoms with Crippen LogP contribution in [0.15, 0.2) is 45.6 Å². The lowest BCUT2D eigenvalue weighted by Gasteiger charge is -2.12. The highest BCUT2D eigenvalue weighted by molar-refractivity contribution is 6.30. The molecule has 102 valence electrons. The highest BCUT2D eigenvalue weighted by Gasteiger charge is 2.16. The van der Waals surface area contributed by atoms with Gasteiger partial charge >= 0.3 is 5.76 Å². The molecule has 1 unspecified atom stereocenters. The Morgan fingerprint density at radius 3 is 2.85 bits per heavy atom. The molecule has 0 aliphatic heterocycles. The molecule has 0 saturated heterocycles. The van der Waals surface area contributed by atoms with Gasteiger partial charge in [-0.25, -0.2) is 9.18 Å². The Morgan fingerprint density at radius 1 is 1.25 bits per heavy atom. The predicted octanol–water partition coefficient (Wildman–Crippen LogP) is 3.00. The molecular weight excluding hydrogens is 285 g/mol. The third kappa shape index (κ3) is 2.21. The lowest BCUT2D eigenvalue weighted by Crippen LogP contribution is -2.02. The molecule has 0 radical (unpaired) electrons. The van der Waals surface area contributed by atoms with E-state index in [1.165, 1.54) is 24.3 Å². The Kier molecular flexibility index (Phi) is 3.08. The van der Waals surface area contributed by atoms with Crippen LogP contribution in [0.4, 0.5) is 4.39 Å². The van der Waals surface area contributed by atoms with Gasteiger partial charge in [-0.15, -0.1) is 0 Å². The average Bonchev–Trinajstić information content (AvgIpc) is 2.79. The van der Waals surface area contributed by atoms with E-state index in [1.807, 2.05) is 0 Å². The quantitative estimate of drug-likeness (QED) is 0.763. The molecule has 0 spiro atoms. The van der Waals surface area contributed by atoms with Crippen LogP contribution in [0.25, 0.3) is 11.1 Å². The van der Waals surface area contributed by atoms with Gasteiger partial charge in [-0.05, 0) is 35.9 Å². The van der Waals surface area contributed by atoms with E-state index in [2.05, 4.69) is 4.98 Å². The maximum Gasteiger partial charge on any atom is 0.417 e. The van der Waals surface area contributed by atoms with Crippen LogP contribution in [0.1, 0.15) is 17.2 Å². The maximum atomic E-state index is 13.7. The standard InChI is InChI=1S/C14H9ClFNO3/c15-8-2-3-10(16)9(6-8)13(18)7-1-4-11-12(5-7)20-14(19)17-11/h1-6,13,18H,(H,17,19). The minimum Gasteiger partial charge on any atom is -0.408 e. The first-order valence-electron chi connectivity index (χ1n) is 5.80. The second-order valence-electron chi connectivity index (χ2n) is 4.34. The van der Waals surface area contributed by atoms with E-state index < -0.39 is 17.7 Å². The van der Waals surface area contributed by atoms with E-state index >= 15 is 0 Å². The van der Waals surface area contributed by atoms with Gasteiger partial charge < -0.3 is 9.52 Å². The number of aliphatic hydroxyl groups excluding tert-OH is 1. The molecule has 1 atom stereocenters. The molecule has 1 heterocycles. The lowest BCUT2D eigenvalue weighted by atomic mass is 10.0. The molecule has 1 aromatic heterocycles. The summed E-state index contributed by atoms with van der Waals surface area (Å²) >= 11 is 5.80. The molecule has 0 aliphatic rings. The van der Waals surface area contributed by atoms with Gasteiger partial charge in [-0.2, -0.15) is 0 Å². The molecule has 4 nitrogen and oxygen atoms in total. The van der Waals surface area contributed by atoms with E-state index in [9.17, 15) is 14.3 Å². The van der Waals surface area contributed by atoms with Crippen molar-refractivity contribution in [2.45, 2.75) is 6.10 Å². The van der Waals surface area contributed by atoms with E-state index in [4.69, 9.17) is 16.0 Å². The molecule has 2 aromatic carbocycles. The topological polar surface area (TPSA) is 66.2 Å². The zero-order chi connectivity index (χ0) is 14.3. The summed E-state index contributed by atoms with van der Waals surface area (Å²) < 4.78 is 18.6. The van der Waals surface area contributed by atoms with E-state index in [0.29, 0.717) is 21.7 Å². The van der Waals surface area contributed by atoms with Gasteiger partial charge in [0.25, 0.3) is 0 Å². The third-order valence-corrected chi connectivity index (χ3v) is 3.25. The molecule has 0 fully saturated rings. The fourth-order valence-corrected chi connectivity index (χ4v) is 2.22. The van der Waals surface area contributed by atoms with Crippen molar-refractivity contribution in [2.24, 2.45) is 0 Å². The summed E-state index contributed by atoms with van der Waals surface area (Å²) in [7, 11) is 0. The highest BCUT2D eigenvalue weighted by atomic mass is 35.5. The maximum absolute atomic E-state index is 13.7. The smallest absolute Gasteiger partial charge is 0.408 e. The van der Waals surface area contributed by atoms with Crippen molar-refractivity contribution in [3.63, 3.8) is 0 Å². The summed E-state index contributed by atoms with van der Waals surface area (Å²) in [6, 6.07) is 8.61. The number of nitrogens with one attached hydrogen (secondary N) is 1. The Hall–Kier alpha value is -2.11. The van der Waals surface area contributed by atoms with E-state index in [1.54, 1.807) is 12.1 Å². The van der Waals surface area contributed by atoms with Gasteiger partial charge in [0.1, 0.15) is 11.9 Å². The number of hydrogen-bond donors (Lipinski definition) is 2. The summed E-state index contributed by atoms with van der Waals surface area (Å²) in [5, 5.41) is 10.6. The van der Waals surface area contributed by atoms with Gasteiger partial charge in [0.05, 0.1) is 5.52 Å². The van der Waals surface area contributed by atoms with E-state index in [-0.39, 0.29) is 5.56 Å². The highest BCUT2D eigenvalue weighted by Crippen LogP contribution is 2.28. The van der Waals surface area contributed by atoms with Gasteiger partial charge in [0.15, 0.2) is 5.58 Å². The third-order valence-electron chi connectivity index (χ3n) is 3.01. The number of rotatable bonds is 2. The Labute approximate surface area is 117 Å². The van der Waals surface area contributed by atoms with Crippen molar-refractivity contribution in [1.29, 1.82) is 0 Å². The minimum atomic E-state index is -1.20. The molecule has 3 rings (SSSR count). The van der Waals surface area contributed by atoms with Crippen LogP contribution >= 0.6 is 11.6 Å². The second-order valence-corrected chi connectivity index (χ2v) is 4.77. The Morgan fingerprint density at radius 2 is 2.05 bits per heavy atom. The van der Waals surface area contributed by atoms with Crippen molar-refractivity contribution in [2.75, 3.05) is 0 Å². The molecule has 2 N–H and O–H groups in total. The minimum absolute atomic E-state index is 0.0646. The second kappa shape index (κ2) is 4.77. The van der Waals surface area contributed by atoms with Crippen LogP contribution in [0, 0.1) is 5.82 Å². The zero-order valence-electron chi connectivity index (χ0n) is 10.1. The molecule has 0 bridgehead atoms. The normalized spacial score (nSPS) is 12.8. The summed E-state index contributed by atoms with van der Waals surface area (Å²) in [6.07, 6.45) is -1.20. The first-order chi connectivity index (χ1) is 9.54. The van der Waals surface area contributed by atoms with Gasteiger partial charge in [0.2, 0.25) is 0 Å². The first kappa shape index (κ1) is 12.9. The Balaban J connectivity index is 2.09. The molecule has 0 saturated carbocycles. The zero-order valence-corrected chi connectivity index (χ0v) is 10.8. The fourth-order valence-electron chi connectivity index (χ4n) is 2.04. The van der Waals surface area contributed by atoms with Crippen molar-refractivity contribution in [3.05, 3.63) is 68.9 Å². The van der Waals surface area contributed by atoms with Crippen molar-refractivity contribution < 1.29 is 13.9 Å². The molecular formula is C14H9ClFNO3. The molecule has 20 heavy (non-hydrogen) atoms. The van der Waals surface area contributed by atoms with Gasteiger partial charge in [-0.3, -0.25) is 4.98 Å². The summed E-state index contributed by atoms with van der Waals surface area (Å²) in [5.74, 6) is -1.14. The number of oxazole rings is 1. The number of aromatic nitrogens is 1. The summed E-state index contributed by atoms with van der Waals surface area (Å²) in [4.78, 5) is 13.6. The van der Waals surface area contributed by atoms with Gasteiger partial charge in [-0.1, -0.05) is 17.7 Å². The molecule has 0 amide bonds. The van der Waals surface area contributed by atoms with Crippen LogP contribution < -0.4 is 5.76 Å². The Bertz CT molecular complexity index is 840. The fraction of sp³-hybridized carbons (Fsp3) is 0.0714. The number of hydrogen-bond acceptors (Lipinski definition) is 3. The molecule has 0 aliphatic carbocycles. The summed E-state index contributed by atoms with van der Waals surface area (Å²) in [6.45, 7) is 0. The number of H-pyrrole nitrogens is 1. The number of fused-ring (bicyclic) bond motifs is 1. The van der Waals surface area contributed by atoms with Crippen molar-refractivity contribution in [1.82, 2.24) is 4.98 Å². The van der Waals surface area contributed by atoms with Crippen LogP contribution in [0.5, 0.6) is 0 Å². The number of halogens is 2. The van der Waals surface area contributed by atoms with Crippen LogP contribution in [0.3, 0.4) is 0 Å². The average molecular weight is 294 g/mol. The van der Waals surface area contributed by atoms with Crippen LogP contribution in [0.2, 0.25) is 5.02 Å². The largest absolute Gasteiger partial charge is 0.417 e. The van der Waals surface area contributed by atoms with Crippen LogP contribution in [-0.2, 0) is 0 Å². The first-order valence-corrected chi connectivity index (χ1v) is 6.18. The number of aliphatic hydroxyl groups is 1. The van der Waals surface area contributed by atoms with Gasteiger partial charge in [0, 0.05) is 10.6 Å². The molecule has 3 aromatic rings. The predicted molar refractivity (Wildman–Crippen MR) is 72.3 cm³/mol. The summed E-state index contributed by atoms with van der Waals surface area (Å²) in [5.41, 5.74) is 1.28. The number of benzene rings is 2. The number of aromatic amines is 1. The SMILES string of the molecule is O=c1[nH]c2ccc(C(O)c3cc(Cl)ccc3F)cc2o1. The molecule has 6 heteroatoms. The van der Waals surface area contributed by atoms with Crippen molar-refractivity contribution >= 4 is 22.7 Å². The van der Waals surface area contributed by atoms with E-state index in [0.717, 1.165) is 0 Å².